The SMILES string of the molecule is COC(=O)[C@@H]1CCCN1S(=O)(=O)CCC[C@H]1O[C@@H]2OC(C)(C)O[C@@H]2[C@H]2OC(C)(C)O[C@H]21. The van der Waals surface area contributed by atoms with Crippen molar-refractivity contribution < 1.29 is 41.6 Å². The third-order valence-electron chi connectivity index (χ3n) is 6.18. The highest BCUT2D eigenvalue weighted by atomic mass is 32.2. The average Bonchev–Trinajstić information content (AvgIpc) is 3.35. The van der Waals surface area contributed by atoms with Gasteiger partial charge in [-0.1, -0.05) is 0 Å². The molecule has 0 amide bonds. The van der Waals surface area contributed by atoms with E-state index >= 15 is 0 Å². The molecule has 0 aromatic rings. The van der Waals surface area contributed by atoms with Crippen molar-refractivity contribution in [3.05, 3.63) is 0 Å². The Morgan fingerprint density at radius 3 is 2.39 bits per heavy atom. The number of ether oxygens (including phenoxy) is 6. The van der Waals surface area contributed by atoms with Crippen LogP contribution in [0.3, 0.4) is 0 Å². The van der Waals surface area contributed by atoms with E-state index in [1.807, 2.05) is 27.7 Å². The third-order valence-corrected chi connectivity index (χ3v) is 8.13. The summed E-state index contributed by atoms with van der Waals surface area (Å²) in [4.78, 5) is 11.9. The van der Waals surface area contributed by atoms with E-state index in [0.717, 1.165) is 0 Å². The smallest absolute Gasteiger partial charge is 0.324 e. The molecule has 4 aliphatic heterocycles. The lowest BCUT2D eigenvalue weighted by Gasteiger charge is -2.37. The van der Waals surface area contributed by atoms with Crippen molar-refractivity contribution in [3.63, 3.8) is 0 Å². The van der Waals surface area contributed by atoms with Gasteiger partial charge in [-0.25, -0.2) is 8.42 Å². The molecule has 0 bridgehead atoms. The Bertz CT molecular complexity index is 798. The predicted octanol–water partition coefficient (Wildman–Crippen LogP) is 1.13. The lowest BCUT2D eigenvalue weighted by atomic mass is 9.96. The summed E-state index contributed by atoms with van der Waals surface area (Å²) in [6.45, 7) is 7.65. The molecule has 4 aliphatic rings. The normalized spacial score (nSPS) is 39.3. The Kier molecular flexibility index (Phi) is 6.17. The van der Waals surface area contributed by atoms with Crippen molar-refractivity contribution >= 4 is 16.0 Å². The Hall–Kier alpha value is -0.820. The van der Waals surface area contributed by atoms with Crippen LogP contribution >= 0.6 is 0 Å². The summed E-state index contributed by atoms with van der Waals surface area (Å²) in [7, 11) is -2.32. The molecule has 31 heavy (non-hydrogen) atoms. The third kappa shape index (κ3) is 4.64. The van der Waals surface area contributed by atoms with Crippen molar-refractivity contribution in [1.29, 1.82) is 0 Å². The van der Waals surface area contributed by atoms with Crippen molar-refractivity contribution in [2.24, 2.45) is 0 Å². The zero-order valence-corrected chi connectivity index (χ0v) is 19.6. The molecule has 0 saturated carbocycles. The number of methoxy groups -OCH3 is 1. The van der Waals surface area contributed by atoms with Crippen LogP contribution in [-0.4, -0.2) is 86.4 Å². The van der Waals surface area contributed by atoms with E-state index in [1.165, 1.54) is 11.4 Å². The van der Waals surface area contributed by atoms with E-state index in [1.54, 1.807) is 0 Å². The Morgan fingerprint density at radius 1 is 1.03 bits per heavy atom. The first-order valence-corrected chi connectivity index (χ1v) is 12.5. The van der Waals surface area contributed by atoms with Gasteiger partial charge in [0.15, 0.2) is 17.9 Å². The molecule has 4 fully saturated rings. The second-order valence-electron chi connectivity index (χ2n) is 9.46. The molecule has 0 unspecified atom stereocenters. The van der Waals surface area contributed by atoms with Crippen molar-refractivity contribution in [2.75, 3.05) is 19.4 Å². The predicted molar refractivity (Wildman–Crippen MR) is 107 cm³/mol. The van der Waals surface area contributed by atoms with Gasteiger partial charge in [0.1, 0.15) is 24.4 Å². The van der Waals surface area contributed by atoms with Gasteiger partial charge >= 0.3 is 5.97 Å². The summed E-state index contributed by atoms with van der Waals surface area (Å²) in [5.74, 6) is -2.19. The Balaban J connectivity index is 1.40. The van der Waals surface area contributed by atoms with Gasteiger partial charge in [-0.2, -0.15) is 4.31 Å². The standard InChI is InChI=1S/C20H33NO9S/c1-19(2)27-14-13(26-18-16(15(14)28-19)29-20(3,4)30-18)9-7-11-31(23,24)21-10-6-8-12(21)17(22)25-5/h12-16,18H,6-11H2,1-5H3/t12-,13+,14-,15-,16+,18+/m0/s1. The Morgan fingerprint density at radius 2 is 1.68 bits per heavy atom. The van der Waals surface area contributed by atoms with E-state index in [2.05, 4.69) is 0 Å². The zero-order chi connectivity index (χ0) is 22.6. The number of hydrogen-bond donors (Lipinski definition) is 0. The zero-order valence-electron chi connectivity index (χ0n) is 18.7. The first kappa shape index (κ1) is 23.3. The summed E-state index contributed by atoms with van der Waals surface area (Å²) in [5, 5.41) is 0. The van der Waals surface area contributed by atoms with Gasteiger partial charge in [-0.05, 0) is 53.4 Å². The number of esters is 1. The van der Waals surface area contributed by atoms with Gasteiger partial charge in [-0.15, -0.1) is 0 Å². The number of carbonyl (C=O) groups is 1. The molecule has 0 radical (unpaired) electrons. The topological polar surface area (TPSA) is 110 Å². The maximum atomic E-state index is 12.9. The van der Waals surface area contributed by atoms with Crippen LogP contribution in [0, 0.1) is 0 Å². The molecule has 0 spiro atoms. The maximum Gasteiger partial charge on any atom is 0.324 e. The van der Waals surface area contributed by atoms with Crippen molar-refractivity contribution in [1.82, 2.24) is 4.31 Å². The van der Waals surface area contributed by atoms with Crippen LogP contribution in [0.5, 0.6) is 0 Å². The second-order valence-corrected chi connectivity index (χ2v) is 11.5. The summed E-state index contributed by atoms with van der Waals surface area (Å²) in [6.07, 6.45) is -0.218. The number of carbonyl (C=O) groups excluding carboxylic acids is 1. The molecule has 0 aromatic heterocycles. The lowest BCUT2D eigenvalue weighted by molar-refractivity contribution is -0.234. The quantitative estimate of drug-likeness (QED) is 0.535. The van der Waals surface area contributed by atoms with Crippen LogP contribution in [0.1, 0.15) is 53.4 Å². The maximum absolute atomic E-state index is 12.9. The minimum Gasteiger partial charge on any atom is -0.468 e. The van der Waals surface area contributed by atoms with Crippen LogP contribution in [0.4, 0.5) is 0 Å². The monoisotopic (exact) mass is 463 g/mol. The number of rotatable bonds is 6. The second kappa shape index (κ2) is 8.19. The van der Waals surface area contributed by atoms with Gasteiger partial charge in [0, 0.05) is 6.54 Å². The fraction of sp³-hybridized carbons (Fsp3) is 0.950. The van der Waals surface area contributed by atoms with Crippen LogP contribution in [0.2, 0.25) is 0 Å². The number of nitrogens with zero attached hydrogens (tertiary/aromatic N) is 1. The molecule has 0 aliphatic carbocycles. The highest BCUT2D eigenvalue weighted by Gasteiger charge is 2.60. The summed E-state index contributed by atoms with van der Waals surface area (Å²) < 4.78 is 62.0. The number of hydrogen-bond acceptors (Lipinski definition) is 9. The van der Waals surface area contributed by atoms with Crippen LogP contribution < -0.4 is 0 Å². The lowest BCUT2D eigenvalue weighted by Crippen LogP contribution is -2.55. The fourth-order valence-electron chi connectivity index (χ4n) is 4.95. The van der Waals surface area contributed by atoms with E-state index in [9.17, 15) is 13.2 Å². The minimum atomic E-state index is -3.60. The first-order chi connectivity index (χ1) is 14.4. The van der Waals surface area contributed by atoms with Gasteiger partial charge in [0.2, 0.25) is 10.0 Å². The van der Waals surface area contributed by atoms with Crippen LogP contribution in [-0.2, 0) is 43.2 Å². The summed E-state index contributed by atoms with van der Waals surface area (Å²) >= 11 is 0. The number of fused-ring (bicyclic) bond motifs is 3. The van der Waals surface area contributed by atoms with Crippen LogP contribution in [0.15, 0.2) is 0 Å². The van der Waals surface area contributed by atoms with Crippen LogP contribution in [0.25, 0.3) is 0 Å². The summed E-state index contributed by atoms with van der Waals surface area (Å²) in [5.41, 5.74) is 0. The minimum absolute atomic E-state index is 0.0844. The highest BCUT2D eigenvalue weighted by molar-refractivity contribution is 7.89. The largest absolute Gasteiger partial charge is 0.468 e. The molecule has 10 nitrogen and oxygen atoms in total. The molecule has 0 aromatic carbocycles. The number of sulfonamides is 1. The average molecular weight is 464 g/mol. The first-order valence-electron chi connectivity index (χ1n) is 10.9. The molecule has 178 valence electrons. The fourth-order valence-corrected chi connectivity index (χ4v) is 6.71. The molecule has 4 rings (SSSR count). The van der Waals surface area contributed by atoms with Gasteiger partial charge in [0.05, 0.1) is 19.0 Å². The van der Waals surface area contributed by atoms with Crippen molar-refractivity contribution in [2.45, 2.75) is 102 Å². The van der Waals surface area contributed by atoms with Gasteiger partial charge in [0.25, 0.3) is 0 Å². The van der Waals surface area contributed by atoms with Gasteiger partial charge < -0.3 is 28.4 Å². The molecule has 6 atom stereocenters. The van der Waals surface area contributed by atoms with E-state index < -0.39 is 52.1 Å². The molecule has 4 saturated heterocycles. The molecular weight excluding hydrogens is 430 g/mol. The molecule has 11 heteroatoms. The molecule has 4 heterocycles. The van der Waals surface area contributed by atoms with E-state index in [0.29, 0.717) is 32.2 Å². The molecule has 0 N–H and O–H groups in total. The van der Waals surface area contributed by atoms with E-state index in [4.69, 9.17) is 28.4 Å². The summed E-state index contributed by atoms with van der Waals surface area (Å²) in [6, 6.07) is -0.732. The Labute approximate surface area is 183 Å². The van der Waals surface area contributed by atoms with E-state index in [-0.39, 0.29) is 18.0 Å². The van der Waals surface area contributed by atoms with Gasteiger partial charge in [-0.3, -0.25) is 4.79 Å². The highest BCUT2D eigenvalue weighted by Crippen LogP contribution is 2.44. The molecular formula is C20H33NO9S. The van der Waals surface area contributed by atoms with Crippen molar-refractivity contribution in [3.8, 4) is 0 Å².